The fraction of sp³-hybridized carbons (Fsp3) is 0.800. The molecule has 50 heavy (non-hydrogen) atoms. The molecule has 20 heteroatoms. The van der Waals surface area contributed by atoms with Crippen molar-refractivity contribution in [3.63, 3.8) is 0 Å². The molecule has 0 bridgehead atoms. The fourth-order valence-corrected chi connectivity index (χ4v) is 19.4. The van der Waals surface area contributed by atoms with Crippen molar-refractivity contribution in [2.45, 2.75) is 0 Å². The molecule has 1 rings (SSSR count). The Morgan fingerprint density at radius 2 is 0.340 bits per heavy atom. The van der Waals surface area contributed by atoms with Gasteiger partial charge in [0.2, 0.25) is 0 Å². The molecular formula is C30H74N16P4. The third-order valence-corrected chi connectivity index (χ3v) is 23.3. The van der Waals surface area contributed by atoms with E-state index in [0.717, 1.165) is 22.7 Å². The number of rotatable bonds is 16. The molecule has 0 saturated carbocycles. The number of hydrogen-bond acceptors (Lipinski definition) is 4. The first-order chi connectivity index (χ1) is 22.7. The summed E-state index contributed by atoms with van der Waals surface area (Å²) in [6.45, 7) is 0. The fourth-order valence-electron chi connectivity index (χ4n) is 6.82. The molecule has 0 unspecified atom stereocenters. The van der Waals surface area contributed by atoms with Crippen molar-refractivity contribution in [2.75, 3.05) is 169 Å². The maximum absolute atomic E-state index is 5.72. The highest BCUT2D eigenvalue weighted by Gasteiger charge is 2.35. The average molecular weight is 783 g/mol. The summed E-state index contributed by atoms with van der Waals surface area (Å²) in [6, 6.07) is 4.28. The Morgan fingerprint density at radius 3 is 0.420 bits per heavy atom. The van der Waals surface area contributed by atoms with Crippen molar-refractivity contribution in [3.8, 4) is 0 Å². The largest absolute Gasteiger partial charge is 0.252 e. The van der Waals surface area contributed by atoms with Crippen LogP contribution >= 0.6 is 30.0 Å². The molecule has 0 N–H and O–H groups in total. The molecule has 294 valence electrons. The Labute approximate surface area is 308 Å². The molecule has 0 radical (unpaired) electrons. The SMILES string of the molecule is CN(C)P(=Nc1cc(N=P(N(C)C)(N(C)C)N(C)C)c(N=P(N(C)C)(N(C)C)N(C)C)cc1N=P(N(C)C)(N(C)C)N(C)C)(N(C)C)N(C)C. The van der Waals surface area contributed by atoms with Crippen molar-refractivity contribution in [3.05, 3.63) is 12.1 Å². The van der Waals surface area contributed by atoms with E-state index in [9.17, 15) is 0 Å². The lowest BCUT2D eigenvalue weighted by Crippen LogP contribution is -2.31. The van der Waals surface area contributed by atoms with Gasteiger partial charge in [0.05, 0.1) is 22.7 Å². The van der Waals surface area contributed by atoms with Gasteiger partial charge < -0.3 is 0 Å². The zero-order valence-electron chi connectivity index (χ0n) is 36.1. The van der Waals surface area contributed by atoms with E-state index in [1.807, 2.05) is 0 Å². The van der Waals surface area contributed by atoms with E-state index in [-0.39, 0.29) is 0 Å². The van der Waals surface area contributed by atoms with Crippen LogP contribution in [0.5, 0.6) is 0 Å². The van der Waals surface area contributed by atoms with Crippen molar-refractivity contribution in [1.82, 2.24) is 56.0 Å². The van der Waals surface area contributed by atoms with Crippen molar-refractivity contribution in [1.29, 1.82) is 0 Å². The molecule has 0 aromatic heterocycles. The second-order valence-corrected chi connectivity index (χ2v) is 29.2. The van der Waals surface area contributed by atoms with Gasteiger partial charge >= 0.3 is 0 Å². The molecule has 0 aliphatic carbocycles. The second kappa shape index (κ2) is 18.3. The molecule has 0 heterocycles. The van der Waals surface area contributed by atoms with E-state index in [0.29, 0.717) is 0 Å². The Hall–Kier alpha value is -0.340. The number of nitrogens with zero attached hydrogens (tertiary/aromatic N) is 16. The lowest BCUT2D eigenvalue weighted by Gasteiger charge is -2.43. The van der Waals surface area contributed by atoms with Crippen LogP contribution in [0.2, 0.25) is 0 Å². The third kappa shape index (κ3) is 8.95. The van der Waals surface area contributed by atoms with Crippen LogP contribution in [0.1, 0.15) is 0 Å². The van der Waals surface area contributed by atoms with Crippen LogP contribution in [0.3, 0.4) is 0 Å². The van der Waals surface area contributed by atoms with Gasteiger partial charge in [-0.3, -0.25) is 56.0 Å². The van der Waals surface area contributed by atoms with E-state index in [1.54, 1.807) is 0 Å². The zero-order valence-corrected chi connectivity index (χ0v) is 39.7. The van der Waals surface area contributed by atoms with Crippen LogP contribution in [0, 0.1) is 0 Å². The molecule has 16 nitrogen and oxygen atoms in total. The van der Waals surface area contributed by atoms with Crippen molar-refractivity contribution >= 4 is 52.8 Å². The number of benzene rings is 1. The standard InChI is InChI=1S/C30H74N16P4/c1-35(2)47(36(3)4,37(5)6)31-27-25-29(33-49(41(13)14,42(15)16)43(17)18)30(34-50(44(19)20,45(21)22)46(23)24)26-28(27)32-48(38(7)8,39(9)10)40(11)12/h25-26H,1-24H3. The van der Waals surface area contributed by atoms with E-state index in [2.05, 4.69) is 237 Å². The van der Waals surface area contributed by atoms with Gasteiger partial charge in [-0.2, -0.15) is 0 Å². The molecular weight excluding hydrogens is 708 g/mol. The second-order valence-electron chi connectivity index (χ2n) is 14.5. The minimum atomic E-state index is -2.40. The van der Waals surface area contributed by atoms with Crippen LogP contribution in [-0.4, -0.2) is 225 Å². The van der Waals surface area contributed by atoms with Gasteiger partial charge in [0.25, 0.3) is 0 Å². The van der Waals surface area contributed by atoms with Crippen LogP contribution < -0.4 is 0 Å². The van der Waals surface area contributed by atoms with Gasteiger partial charge in [-0.1, -0.05) is 0 Å². The topological polar surface area (TPSA) is 88.3 Å². The first kappa shape index (κ1) is 47.7. The summed E-state index contributed by atoms with van der Waals surface area (Å²) >= 11 is 0. The highest BCUT2D eigenvalue weighted by atomic mass is 31.2. The van der Waals surface area contributed by atoms with Gasteiger partial charge in [-0.25, -0.2) is 19.0 Å². The van der Waals surface area contributed by atoms with Crippen molar-refractivity contribution in [2.24, 2.45) is 19.0 Å². The van der Waals surface area contributed by atoms with Crippen LogP contribution in [0.25, 0.3) is 0 Å². The van der Waals surface area contributed by atoms with Gasteiger partial charge in [0, 0.05) is 0 Å². The molecule has 1 aromatic rings. The van der Waals surface area contributed by atoms with E-state index in [4.69, 9.17) is 19.0 Å². The number of hydrogen-bond donors (Lipinski definition) is 0. The first-order valence-corrected chi connectivity index (χ1v) is 22.9. The summed E-state index contributed by atoms with van der Waals surface area (Å²) < 4.78 is 49.7. The molecule has 0 aliphatic heterocycles. The molecule has 1 aromatic carbocycles. The molecule has 0 amide bonds. The van der Waals surface area contributed by atoms with Gasteiger partial charge in [0.15, 0.2) is 30.0 Å². The van der Waals surface area contributed by atoms with Gasteiger partial charge in [0.1, 0.15) is 0 Å². The molecule has 0 fully saturated rings. The average Bonchev–Trinajstić information content (AvgIpc) is 2.94. The third-order valence-electron chi connectivity index (χ3n) is 8.48. The van der Waals surface area contributed by atoms with Gasteiger partial charge in [-0.15, -0.1) is 0 Å². The zero-order chi connectivity index (χ0) is 39.5. The smallest absolute Gasteiger partial charge is 0.171 e. The lowest BCUT2D eigenvalue weighted by molar-refractivity contribution is 0.473. The van der Waals surface area contributed by atoms with E-state index < -0.39 is 30.0 Å². The molecule has 0 aliphatic rings. The maximum Gasteiger partial charge on any atom is 0.171 e. The predicted molar refractivity (Wildman–Crippen MR) is 227 cm³/mol. The highest BCUT2D eigenvalue weighted by Crippen LogP contribution is 2.65. The van der Waals surface area contributed by atoms with Gasteiger partial charge in [-0.05, 0) is 181 Å². The normalized spacial score (nSPS) is 14.2. The predicted octanol–water partition coefficient (Wildman–Crippen LogP) is 6.74. The summed E-state index contributed by atoms with van der Waals surface area (Å²) in [5, 5.41) is 0. The summed E-state index contributed by atoms with van der Waals surface area (Å²) in [5.41, 5.74) is 3.11. The summed E-state index contributed by atoms with van der Waals surface area (Å²) in [6.07, 6.45) is 0. The lowest BCUT2D eigenvalue weighted by atomic mass is 10.2. The highest BCUT2D eigenvalue weighted by molar-refractivity contribution is 7.60. The Bertz CT molecular complexity index is 1180. The maximum atomic E-state index is 5.72. The van der Waals surface area contributed by atoms with Crippen LogP contribution in [-0.2, 0) is 0 Å². The quantitative estimate of drug-likeness (QED) is 0.167. The van der Waals surface area contributed by atoms with Crippen molar-refractivity contribution < 1.29 is 0 Å². The Morgan fingerprint density at radius 1 is 0.240 bits per heavy atom. The van der Waals surface area contributed by atoms with Crippen LogP contribution in [0.15, 0.2) is 31.1 Å². The summed E-state index contributed by atoms with van der Waals surface area (Å²) in [5.74, 6) is 0. The summed E-state index contributed by atoms with van der Waals surface area (Å²) in [7, 11) is 40.8. The molecule has 0 saturated heterocycles. The summed E-state index contributed by atoms with van der Waals surface area (Å²) in [4.78, 5) is 0. The van der Waals surface area contributed by atoms with E-state index >= 15 is 0 Å². The molecule has 0 atom stereocenters. The monoisotopic (exact) mass is 783 g/mol. The minimum absolute atomic E-state index is 0.778. The Kier molecular flexibility index (Phi) is 17.5. The van der Waals surface area contributed by atoms with Crippen LogP contribution in [0.4, 0.5) is 22.7 Å². The minimum Gasteiger partial charge on any atom is -0.252 e. The van der Waals surface area contributed by atoms with E-state index in [1.165, 1.54) is 0 Å². The Balaban J connectivity index is 5.25. The molecule has 0 spiro atoms. The first-order valence-electron chi connectivity index (χ1n) is 16.5.